The van der Waals surface area contributed by atoms with Crippen LogP contribution >= 0.6 is 11.8 Å². The van der Waals surface area contributed by atoms with Crippen molar-refractivity contribution >= 4 is 17.7 Å². The summed E-state index contributed by atoms with van der Waals surface area (Å²) in [5.41, 5.74) is 1.13. The van der Waals surface area contributed by atoms with E-state index in [1.807, 2.05) is 30.3 Å². The van der Waals surface area contributed by atoms with Gasteiger partial charge in [-0.3, -0.25) is 9.36 Å². The highest BCUT2D eigenvalue weighted by Crippen LogP contribution is 2.31. The van der Waals surface area contributed by atoms with E-state index in [9.17, 15) is 9.18 Å². The summed E-state index contributed by atoms with van der Waals surface area (Å²) in [7, 11) is 1.34. The van der Waals surface area contributed by atoms with Crippen LogP contribution < -0.4 is 0 Å². The van der Waals surface area contributed by atoms with Crippen LogP contribution in [0.15, 0.2) is 59.8 Å². The van der Waals surface area contributed by atoms with Crippen molar-refractivity contribution in [2.45, 2.75) is 17.3 Å². The van der Waals surface area contributed by atoms with Gasteiger partial charge in [-0.05, 0) is 31.2 Å². The zero-order chi connectivity index (χ0) is 17.8. The molecule has 3 aromatic rings. The molecule has 1 aromatic heterocycles. The third kappa shape index (κ3) is 3.56. The number of methoxy groups -OCH3 is 1. The molecular formula is C18H16FN3O2S. The average Bonchev–Trinajstić information content (AvgIpc) is 3.05. The number of benzene rings is 2. The Balaban J connectivity index is 2.11. The maximum Gasteiger partial charge on any atom is 0.318 e. The minimum absolute atomic E-state index is 0.344. The second-order valence-electron chi connectivity index (χ2n) is 5.24. The van der Waals surface area contributed by atoms with Gasteiger partial charge in [-0.15, -0.1) is 10.2 Å². The molecule has 1 unspecified atom stereocenters. The van der Waals surface area contributed by atoms with Gasteiger partial charge in [-0.1, -0.05) is 42.1 Å². The number of nitrogens with zero attached hydrogens (tertiary/aromatic N) is 3. The molecule has 0 saturated carbocycles. The van der Waals surface area contributed by atoms with Crippen molar-refractivity contribution < 1.29 is 13.9 Å². The lowest BCUT2D eigenvalue weighted by molar-refractivity contribution is -0.139. The quantitative estimate of drug-likeness (QED) is 0.514. The molecule has 0 spiro atoms. The monoisotopic (exact) mass is 357 g/mol. The van der Waals surface area contributed by atoms with Crippen LogP contribution in [0.1, 0.15) is 6.92 Å². The molecule has 25 heavy (non-hydrogen) atoms. The Hall–Kier alpha value is -2.67. The number of esters is 1. The molecule has 2 aromatic carbocycles. The highest BCUT2D eigenvalue weighted by Gasteiger charge is 2.23. The van der Waals surface area contributed by atoms with Crippen LogP contribution in [0.4, 0.5) is 4.39 Å². The molecule has 0 bridgehead atoms. The van der Waals surface area contributed by atoms with Crippen molar-refractivity contribution in [1.29, 1.82) is 0 Å². The molecule has 3 rings (SSSR count). The zero-order valence-electron chi connectivity index (χ0n) is 13.7. The number of halogens is 1. The van der Waals surface area contributed by atoms with E-state index in [2.05, 4.69) is 10.2 Å². The van der Waals surface area contributed by atoms with E-state index in [4.69, 9.17) is 4.74 Å². The molecule has 0 N–H and O–H groups in total. The first kappa shape index (κ1) is 17.2. The van der Waals surface area contributed by atoms with Crippen molar-refractivity contribution in [3.05, 3.63) is 60.4 Å². The molecule has 0 amide bonds. The largest absolute Gasteiger partial charge is 0.468 e. The maximum atomic E-state index is 14.3. The van der Waals surface area contributed by atoms with Crippen molar-refractivity contribution in [3.63, 3.8) is 0 Å². The van der Waals surface area contributed by atoms with Crippen molar-refractivity contribution in [1.82, 2.24) is 14.8 Å². The standard InChI is InChI=1S/C18H16FN3O2S/c1-12(17(23)24-2)25-18-21-20-16(14-10-6-7-11-15(14)19)22(18)13-8-4-3-5-9-13/h3-12H,1-2H3. The normalized spacial score (nSPS) is 12.0. The van der Waals surface area contributed by atoms with Crippen molar-refractivity contribution in [3.8, 4) is 17.1 Å². The number of hydrogen-bond acceptors (Lipinski definition) is 5. The van der Waals surface area contributed by atoms with Gasteiger partial charge in [0.2, 0.25) is 0 Å². The van der Waals surface area contributed by atoms with Gasteiger partial charge in [0.15, 0.2) is 11.0 Å². The first-order valence-corrected chi connectivity index (χ1v) is 8.50. The number of ether oxygens (including phenoxy) is 1. The molecular weight excluding hydrogens is 341 g/mol. The maximum absolute atomic E-state index is 14.3. The van der Waals surface area contributed by atoms with Crippen LogP contribution in [0.3, 0.4) is 0 Å². The highest BCUT2D eigenvalue weighted by molar-refractivity contribution is 8.00. The SMILES string of the molecule is COC(=O)C(C)Sc1nnc(-c2ccccc2F)n1-c1ccccc1. The van der Waals surface area contributed by atoms with Crippen LogP contribution in [-0.2, 0) is 9.53 Å². The molecule has 0 radical (unpaired) electrons. The van der Waals surface area contributed by atoms with Gasteiger partial charge in [0.1, 0.15) is 11.1 Å². The predicted octanol–water partition coefficient (Wildman–Crippen LogP) is 3.73. The van der Waals surface area contributed by atoms with Gasteiger partial charge in [0.05, 0.1) is 12.7 Å². The lowest BCUT2D eigenvalue weighted by atomic mass is 10.2. The predicted molar refractivity (Wildman–Crippen MR) is 94.1 cm³/mol. The number of thioether (sulfide) groups is 1. The van der Waals surface area contributed by atoms with E-state index in [0.29, 0.717) is 16.5 Å². The van der Waals surface area contributed by atoms with Crippen molar-refractivity contribution in [2.24, 2.45) is 0 Å². The Morgan fingerprint density at radius 3 is 2.48 bits per heavy atom. The molecule has 0 aliphatic rings. The number of carbonyl (C=O) groups is 1. The van der Waals surface area contributed by atoms with Crippen LogP contribution in [0.5, 0.6) is 0 Å². The van der Waals surface area contributed by atoms with E-state index < -0.39 is 5.25 Å². The third-order valence-corrected chi connectivity index (χ3v) is 4.60. The fourth-order valence-electron chi connectivity index (χ4n) is 2.35. The Morgan fingerprint density at radius 1 is 1.12 bits per heavy atom. The summed E-state index contributed by atoms with van der Waals surface area (Å²) < 4.78 is 20.8. The summed E-state index contributed by atoms with van der Waals surface area (Å²) in [5, 5.41) is 8.35. The fourth-order valence-corrected chi connectivity index (χ4v) is 3.24. The van der Waals surface area contributed by atoms with E-state index in [0.717, 1.165) is 5.69 Å². The molecule has 5 nitrogen and oxygen atoms in total. The van der Waals surface area contributed by atoms with Gasteiger partial charge >= 0.3 is 5.97 Å². The molecule has 0 aliphatic heterocycles. The first-order chi connectivity index (χ1) is 12.1. The Labute approximate surface area is 148 Å². The number of rotatable bonds is 5. The Bertz CT molecular complexity index is 883. The second kappa shape index (κ2) is 7.48. The van der Waals surface area contributed by atoms with Crippen LogP contribution in [0.2, 0.25) is 0 Å². The van der Waals surface area contributed by atoms with Gasteiger partial charge in [0.25, 0.3) is 0 Å². The molecule has 1 atom stereocenters. The molecule has 1 heterocycles. The highest BCUT2D eigenvalue weighted by atomic mass is 32.2. The zero-order valence-corrected chi connectivity index (χ0v) is 14.5. The summed E-state index contributed by atoms with van der Waals surface area (Å²) in [6.45, 7) is 1.73. The van der Waals surface area contributed by atoms with Crippen LogP contribution in [0, 0.1) is 5.82 Å². The van der Waals surface area contributed by atoms with E-state index in [-0.39, 0.29) is 11.8 Å². The molecule has 128 valence electrons. The van der Waals surface area contributed by atoms with Gasteiger partial charge in [-0.2, -0.15) is 0 Å². The van der Waals surface area contributed by atoms with Crippen LogP contribution in [0.25, 0.3) is 17.1 Å². The minimum atomic E-state index is -0.467. The van der Waals surface area contributed by atoms with Gasteiger partial charge < -0.3 is 4.74 Å². The van der Waals surface area contributed by atoms with E-state index >= 15 is 0 Å². The summed E-state index contributed by atoms with van der Waals surface area (Å²) >= 11 is 1.21. The Morgan fingerprint density at radius 2 is 1.80 bits per heavy atom. The van der Waals surface area contributed by atoms with E-state index in [1.54, 1.807) is 29.7 Å². The number of para-hydroxylation sites is 1. The van der Waals surface area contributed by atoms with E-state index in [1.165, 1.54) is 24.9 Å². The third-order valence-electron chi connectivity index (χ3n) is 3.58. The lowest BCUT2D eigenvalue weighted by Gasteiger charge is -2.12. The molecule has 0 saturated heterocycles. The van der Waals surface area contributed by atoms with Crippen LogP contribution in [-0.4, -0.2) is 33.1 Å². The molecule has 7 heteroatoms. The molecule has 0 aliphatic carbocycles. The van der Waals surface area contributed by atoms with Gasteiger partial charge in [-0.25, -0.2) is 4.39 Å². The lowest BCUT2D eigenvalue weighted by Crippen LogP contribution is -2.15. The minimum Gasteiger partial charge on any atom is -0.468 e. The Kier molecular flexibility index (Phi) is 5.14. The topological polar surface area (TPSA) is 57.0 Å². The number of aromatic nitrogens is 3. The van der Waals surface area contributed by atoms with Crippen molar-refractivity contribution in [2.75, 3.05) is 7.11 Å². The second-order valence-corrected chi connectivity index (χ2v) is 6.55. The summed E-state index contributed by atoms with van der Waals surface area (Å²) in [5.74, 6) is -0.367. The van der Waals surface area contributed by atoms with Gasteiger partial charge in [0, 0.05) is 5.69 Å². The first-order valence-electron chi connectivity index (χ1n) is 7.62. The smallest absolute Gasteiger partial charge is 0.318 e. The summed E-state index contributed by atoms with van der Waals surface area (Å²) in [4.78, 5) is 11.7. The average molecular weight is 357 g/mol. The number of carbonyl (C=O) groups excluding carboxylic acids is 1. The fraction of sp³-hybridized carbons (Fsp3) is 0.167. The summed E-state index contributed by atoms with van der Waals surface area (Å²) in [6, 6.07) is 15.8. The molecule has 0 fully saturated rings. The summed E-state index contributed by atoms with van der Waals surface area (Å²) in [6.07, 6.45) is 0. The number of hydrogen-bond donors (Lipinski definition) is 0.